The van der Waals surface area contributed by atoms with Crippen molar-refractivity contribution in [3.63, 3.8) is 0 Å². The smallest absolute Gasteiger partial charge is 0.234 e. The number of rotatable bonds is 8. The minimum Gasteiger partial charge on any atom is -0.497 e. The number of carbonyl (C=O) groups is 1. The lowest BCUT2D eigenvalue weighted by molar-refractivity contribution is -0.113. The van der Waals surface area contributed by atoms with Gasteiger partial charge in [0.2, 0.25) is 5.91 Å². The van der Waals surface area contributed by atoms with E-state index in [1.807, 2.05) is 52.4 Å². The number of ether oxygens (including phenoxy) is 1. The number of carbonyl (C=O) groups excluding carboxylic acids is 1. The van der Waals surface area contributed by atoms with Crippen molar-refractivity contribution in [2.75, 3.05) is 18.2 Å². The van der Waals surface area contributed by atoms with Gasteiger partial charge in [-0.3, -0.25) is 9.36 Å². The van der Waals surface area contributed by atoms with Crippen LogP contribution in [-0.4, -0.2) is 33.5 Å². The van der Waals surface area contributed by atoms with Crippen molar-refractivity contribution >= 4 is 34.7 Å². The van der Waals surface area contributed by atoms with Gasteiger partial charge in [-0.15, -0.1) is 21.5 Å². The fraction of sp³-hybridized carbons (Fsp3) is 0.150. The molecule has 7 nitrogen and oxygen atoms in total. The normalized spacial score (nSPS) is 10.8. The molecule has 1 amide bonds. The van der Waals surface area contributed by atoms with Crippen molar-refractivity contribution in [2.45, 2.75) is 11.7 Å². The number of nitrogens with zero attached hydrogens (tertiary/aromatic N) is 3. The van der Waals surface area contributed by atoms with Crippen molar-refractivity contribution in [1.29, 1.82) is 0 Å². The number of hydrogen-bond acceptors (Lipinski definition) is 7. The summed E-state index contributed by atoms with van der Waals surface area (Å²) in [6, 6.07) is 15.0. The molecule has 29 heavy (non-hydrogen) atoms. The number of furan rings is 1. The Balaban J connectivity index is 1.48. The van der Waals surface area contributed by atoms with E-state index in [1.165, 1.54) is 11.8 Å². The first kappa shape index (κ1) is 19.3. The molecule has 0 spiro atoms. The Bertz CT molecular complexity index is 1080. The van der Waals surface area contributed by atoms with Crippen molar-refractivity contribution in [1.82, 2.24) is 14.8 Å². The second-order valence-corrected chi connectivity index (χ2v) is 7.91. The molecule has 0 atom stereocenters. The Hall–Kier alpha value is -3.04. The monoisotopic (exact) mass is 426 g/mol. The Labute approximate surface area is 175 Å². The van der Waals surface area contributed by atoms with Crippen LogP contribution in [-0.2, 0) is 11.3 Å². The van der Waals surface area contributed by atoms with Crippen LogP contribution in [0, 0.1) is 0 Å². The van der Waals surface area contributed by atoms with Crippen LogP contribution in [0.2, 0.25) is 0 Å². The van der Waals surface area contributed by atoms with Gasteiger partial charge in [-0.2, -0.15) is 0 Å². The van der Waals surface area contributed by atoms with Gasteiger partial charge in [-0.25, -0.2) is 0 Å². The van der Waals surface area contributed by atoms with Gasteiger partial charge >= 0.3 is 0 Å². The van der Waals surface area contributed by atoms with Crippen LogP contribution in [0.1, 0.15) is 5.76 Å². The molecular weight excluding hydrogens is 408 g/mol. The number of amides is 1. The molecule has 1 N–H and O–H groups in total. The Morgan fingerprint density at radius 1 is 1.24 bits per heavy atom. The van der Waals surface area contributed by atoms with Gasteiger partial charge in [0, 0.05) is 11.8 Å². The van der Waals surface area contributed by atoms with E-state index < -0.39 is 0 Å². The maximum atomic E-state index is 12.4. The molecule has 0 aliphatic heterocycles. The molecule has 0 fully saturated rings. The van der Waals surface area contributed by atoms with E-state index in [9.17, 15) is 4.79 Å². The van der Waals surface area contributed by atoms with Crippen molar-refractivity contribution in [3.8, 4) is 16.5 Å². The standard InChI is InChI=1S/C20H18N4O3S2/c1-26-15-6-2-5-14(11-15)21-18(25)13-29-20-23-22-19(17-8-4-10-28-17)24(20)12-16-7-3-9-27-16/h2-11H,12-13H2,1H3,(H,21,25). The Morgan fingerprint density at radius 2 is 2.17 bits per heavy atom. The van der Waals surface area contributed by atoms with E-state index in [4.69, 9.17) is 9.15 Å². The molecule has 4 aromatic rings. The van der Waals surface area contributed by atoms with Gasteiger partial charge in [0.25, 0.3) is 0 Å². The summed E-state index contributed by atoms with van der Waals surface area (Å²) in [5, 5.41) is 14.2. The van der Waals surface area contributed by atoms with Crippen LogP contribution in [0.15, 0.2) is 69.7 Å². The minimum atomic E-state index is -0.131. The summed E-state index contributed by atoms with van der Waals surface area (Å²) < 4.78 is 12.6. The number of benzene rings is 1. The summed E-state index contributed by atoms with van der Waals surface area (Å²) in [6.07, 6.45) is 1.64. The third kappa shape index (κ3) is 4.69. The number of methoxy groups -OCH3 is 1. The lowest BCUT2D eigenvalue weighted by Gasteiger charge is -2.09. The number of thiophene rings is 1. The van der Waals surface area contributed by atoms with Gasteiger partial charge in [0.1, 0.15) is 11.5 Å². The van der Waals surface area contributed by atoms with Gasteiger partial charge in [0.05, 0.1) is 30.5 Å². The summed E-state index contributed by atoms with van der Waals surface area (Å²) in [4.78, 5) is 13.4. The van der Waals surface area contributed by atoms with Gasteiger partial charge in [-0.05, 0) is 35.7 Å². The lowest BCUT2D eigenvalue weighted by Crippen LogP contribution is -2.14. The first-order valence-electron chi connectivity index (χ1n) is 8.79. The van der Waals surface area contributed by atoms with Gasteiger partial charge in [-0.1, -0.05) is 23.9 Å². The molecule has 0 saturated carbocycles. The summed E-state index contributed by atoms with van der Waals surface area (Å²) in [6.45, 7) is 0.493. The largest absolute Gasteiger partial charge is 0.497 e. The predicted molar refractivity (Wildman–Crippen MR) is 113 cm³/mol. The molecule has 4 rings (SSSR count). The molecule has 0 aliphatic carbocycles. The molecule has 3 aromatic heterocycles. The average molecular weight is 427 g/mol. The third-order valence-corrected chi connectivity index (χ3v) is 5.87. The Morgan fingerprint density at radius 3 is 2.93 bits per heavy atom. The number of thioether (sulfide) groups is 1. The highest BCUT2D eigenvalue weighted by Gasteiger charge is 2.17. The summed E-state index contributed by atoms with van der Waals surface area (Å²) in [5.74, 6) is 2.32. The highest BCUT2D eigenvalue weighted by Crippen LogP contribution is 2.28. The first-order chi connectivity index (χ1) is 14.2. The van der Waals surface area contributed by atoms with Gasteiger partial charge < -0.3 is 14.5 Å². The molecule has 1 aromatic carbocycles. The van der Waals surface area contributed by atoms with E-state index in [2.05, 4.69) is 15.5 Å². The van der Waals surface area contributed by atoms with Crippen LogP contribution in [0.4, 0.5) is 5.69 Å². The van der Waals surface area contributed by atoms with Crippen LogP contribution in [0.3, 0.4) is 0 Å². The second kappa shape index (κ2) is 8.97. The number of aromatic nitrogens is 3. The summed E-state index contributed by atoms with van der Waals surface area (Å²) in [5.41, 5.74) is 0.686. The zero-order valence-corrected chi connectivity index (χ0v) is 17.2. The molecule has 0 saturated heterocycles. The fourth-order valence-electron chi connectivity index (χ4n) is 2.71. The molecule has 3 heterocycles. The van der Waals surface area contributed by atoms with E-state index in [-0.39, 0.29) is 11.7 Å². The number of anilines is 1. The lowest BCUT2D eigenvalue weighted by atomic mass is 10.3. The van der Waals surface area contributed by atoms with Crippen molar-refractivity contribution in [2.24, 2.45) is 0 Å². The maximum Gasteiger partial charge on any atom is 0.234 e. The first-order valence-corrected chi connectivity index (χ1v) is 10.7. The summed E-state index contributed by atoms with van der Waals surface area (Å²) in [7, 11) is 1.59. The quantitative estimate of drug-likeness (QED) is 0.421. The van der Waals surface area contributed by atoms with Crippen molar-refractivity contribution in [3.05, 3.63) is 65.9 Å². The van der Waals surface area contributed by atoms with E-state index in [0.29, 0.717) is 23.1 Å². The van der Waals surface area contributed by atoms with E-state index in [1.54, 1.807) is 30.8 Å². The molecule has 0 unspecified atom stereocenters. The number of hydrogen-bond donors (Lipinski definition) is 1. The highest BCUT2D eigenvalue weighted by molar-refractivity contribution is 7.99. The average Bonchev–Trinajstić information content (AvgIpc) is 3.49. The highest BCUT2D eigenvalue weighted by atomic mass is 32.2. The van der Waals surface area contributed by atoms with Crippen molar-refractivity contribution < 1.29 is 13.9 Å². The molecule has 148 valence electrons. The molecule has 9 heteroatoms. The van der Waals surface area contributed by atoms with Crippen LogP contribution in [0.25, 0.3) is 10.7 Å². The molecule has 0 bridgehead atoms. The molecular formula is C20H18N4O3S2. The SMILES string of the molecule is COc1cccc(NC(=O)CSc2nnc(-c3cccs3)n2Cc2ccco2)c1. The zero-order chi connectivity index (χ0) is 20.1. The van der Waals surface area contributed by atoms with Gasteiger partial charge in [0.15, 0.2) is 11.0 Å². The molecule has 0 radical (unpaired) electrons. The van der Waals surface area contributed by atoms with E-state index in [0.717, 1.165) is 16.5 Å². The number of nitrogens with one attached hydrogen (secondary N) is 1. The van der Waals surface area contributed by atoms with Crippen LogP contribution in [0.5, 0.6) is 5.75 Å². The topological polar surface area (TPSA) is 82.2 Å². The van der Waals surface area contributed by atoms with Crippen LogP contribution >= 0.6 is 23.1 Å². The fourth-order valence-corrected chi connectivity index (χ4v) is 4.17. The van der Waals surface area contributed by atoms with Crippen LogP contribution < -0.4 is 10.1 Å². The summed E-state index contributed by atoms with van der Waals surface area (Å²) >= 11 is 2.92. The van der Waals surface area contributed by atoms with E-state index >= 15 is 0 Å². The second-order valence-electron chi connectivity index (χ2n) is 6.02. The predicted octanol–water partition coefficient (Wildman–Crippen LogP) is 4.39. The molecule has 0 aliphatic rings. The Kier molecular flexibility index (Phi) is 5.97. The maximum absolute atomic E-state index is 12.4. The third-order valence-electron chi connectivity index (χ3n) is 4.04. The minimum absolute atomic E-state index is 0.131. The zero-order valence-electron chi connectivity index (χ0n) is 15.6.